The zero-order valence-electron chi connectivity index (χ0n) is 11.5. The Morgan fingerprint density at radius 2 is 2.17 bits per heavy atom. The normalized spacial score (nSPS) is 15.1. The van der Waals surface area contributed by atoms with Gasteiger partial charge in [0.15, 0.2) is 0 Å². The van der Waals surface area contributed by atoms with Crippen LogP contribution >= 0.6 is 0 Å². The van der Waals surface area contributed by atoms with Crippen LogP contribution in [0.25, 0.3) is 0 Å². The summed E-state index contributed by atoms with van der Waals surface area (Å²) < 4.78 is 0. The van der Waals surface area contributed by atoms with Gasteiger partial charge in [-0.25, -0.2) is 0 Å². The molecule has 1 aromatic carbocycles. The van der Waals surface area contributed by atoms with Gasteiger partial charge in [-0.1, -0.05) is 32.9 Å². The minimum atomic E-state index is 0.301. The van der Waals surface area contributed by atoms with Gasteiger partial charge in [0.2, 0.25) is 0 Å². The summed E-state index contributed by atoms with van der Waals surface area (Å²) in [6.07, 6.45) is 5.41. The maximum Gasteiger partial charge on any atom is 0.105 e. The molecule has 0 amide bonds. The molecule has 0 N–H and O–H groups in total. The van der Waals surface area contributed by atoms with Gasteiger partial charge in [-0.2, -0.15) is 5.26 Å². The lowest BCUT2D eigenvalue weighted by Crippen LogP contribution is -2.29. The second kappa shape index (κ2) is 5.02. The molecule has 0 aliphatic carbocycles. The summed E-state index contributed by atoms with van der Waals surface area (Å²) >= 11 is 0. The molecule has 0 saturated carbocycles. The second-order valence-corrected chi connectivity index (χ2v) is 6.10. The summed E-state index contributed by atoms with van der Waals surface area (Å²) in [5.41, 5.74) is 3.97. The topological polar surface area (TPSA) is 27.0 Å². The van der Waals surface area contributed by atoms with Crippen molar-refractivity contribution in [1.82, 2.24) is 0 Å². The Morgan fingerprint density at radius 3 is 2.83 bits per heavy atom. The molecule has 0 spiro atoms. The zero-order valence-corrected chi connectivity index (χ0v) is 11.5. The van der Waals surface area contributed by atoms with Crippen LogP contribution in [0.2, 0.25) is 0 Å². The summed E-state index contributed by atoms with van der Waals surface area (Å²) in [6, 6.07) is 8.78. The van der Waals surface area contributed by atoms with Crippen LogP contribution in [0, 0.1) is 23.2 Å². The molecule has 0 bridgehead atoms. The minimum Gasteiger partial charge on any atom is -0.358 e. The molecule has 1 heterocycles. The van der Waals surface area contributed by atoms with E-state index in [-0.39, 0.29) is 0 Å². The van der Waals surface area contributed by atoms with E-state index in [1.54, 1.807) is 0 Å². The van der Waals surface area contributed by atoms with Gasteiger partial charge in [-0.3, -0.25) is 0 Å². The summed E-state index contributed by atoms with van der Waals surface area (Å²) in [4.78, 5) is 2.13. The van der Waals surface area contributed by atoms with E-state index in [0.717, 1.165) is 25.1 Å². The Hall–Kier alpha value is -1.49. The number of nitrogens with zero attached hydrogens (tertiary/aromatic N) is 2. The molecule has 0 unspecified atom stereocenters. The van der Waals surface area contributed by atoms with E-state index in [4.69, 9.17) is 5.26 Å². The van der Waals surface area contributed by atoms with Crippen molar-refractivity contribution in [2.45, 2.75) is 33.6 Å². The lowest BCUT2D eigenvalue weighted by Gasteiger charge is -2.29. The van der Waals surface area contributed by atoms with Crippen LogP contribution in [0.5, 0.6) is 0 Å². The first kappa shape index (κ1) is 13.0. The van der Waals surface area contributed by atoms with Crippen LogP contribution in [0.1, 0.15) is 38.3 Å². The molecule has 2 heteroatoms. The van der Waals surface area contributed by atoms with E-state index in [9.17, 15) is 0 Å². The average Bonchev–Trinajstić information content (AvgIpc) is 2.27. The smallest absolute Gasteiger partial charge is 0.105 e. The molecule has 2 radical (unpaired) electrons. The maximum atomic E-state index is 8.84. The standard InChI is InChI=1S/C16H20N2/c1-16(2,3)12-13-6-7-15-14(11-13)5-4-9-18(15)10-8-17/h6-7,11H,4,9-10,12H2,1-3H3. The molecular formula is C16H20N2. The quantitative estimate of drug-likeness (QED) is 0.740. The van der Waals surface area contributed by atoms with E-state index in [1.807, 2.05) is 0 Å². The third-order valence-electron chi connectivity index (χ3n) is 3.09. The predicted molar refractivity (Wildman–Crippen MR) is 74.4 cm³/mol. The molecule has 0 atom stereocenters. The number of anilines is 1. The van der Waals surface area contributed by atoms with E-state index in [0.29, 0.717) is 12.0 Å². The highest BCUT2D eigenvalue weighted by Gasteiger charge is 2.18. The lowest BCUT2D eigenvalue weighted by molar-refractivity contribution is 0.411. The van der Waals surface area contributed by atoms with E-state index < -0.39 is 0 Å². The van der Waals surface area contributed by atoms with Gasteiger partial charge in [0.25, 0.3) is 0 Å². The molecule has 1 aromatic rings. The molecule has 0 aromatic heterocycles. The van der Waals surface area contributed by atoms with Gasteiger partial charge < -0.3 is 4.90 Å². The summed E-state index contributed by atoms with van der Waals surface area (Å²) in [7, 11) is 0. The second-order valence-electron chi connectivity index (χ2n) is 6.10. The van der Waals surface area contributed by atoms with E-state index in [1.165, 1.54) is 11.1 Å². The number of hydrogen-bond acceptors (Lipinski definition) is 2. The third-order valence-corrected chi connectivity index (χ3v) is 3.09. The molecule has 2 nitrogen and oxygen atoms in total. The monoisotopic (exact) mass is 240 g/mol. The lowest BCUT2D eigenvalue weighted by atomic mass is 9.86. The number of rotatable bonds is 2. The fraction of sp³-hybridized carbons (Fsp3) is 0.500. The largest absolute Gasteiger partial charge is 0.358 e. The fourth-order valence-corrected chi connectivity index (χ4v) is 2.42. The summed E-state index contributed by atoms with van der Waals surface area (Å²) in [5, 5.41) is 8.84. The van der Waals surface area contributed by atoms with E-state index in [2.05, 4.69) is 56.4 Å². The van der Waals surface area contributed by atoms with Gasteiger partial charge in [-0.05, 0) is 35.4 Å². The molecule has 0 saturated heterocycles. The van der Waals surface area contributed by atoms with Crippen molar-refractivity contribution >= 4 is 5.69 Å². The van der Waals surface area contributed by atoms with Crippen LogP contribution in [0.4, 0.5) is 5.69 Å². The first-order chi connectivity index (χ1) is 8.49. The maximum absolute atomic E-state index is 8.84. The van der Waals surface area contributed by atoms with Crippen molar-refractivity contribution in [3.63, 3.8) is 0 Å². The van der Waals surface area contributed by atoms with Crippen LogP contribution < -0.4 is 4.90 Å². The van der Waals surface area contributed by atoms with Gasteiger partial charge in [0.1, 0.15) is 6.54 Å². The van der Waals surface area contributed by atoms with Crippen molar-refractivity contribution in [1.29, 1.82) is 5.26 Å². The Kier molecular flexibility index (Phi) is 3.61. The van der Waals surface area contributed by atoms with Crippen molar-refractivity contribution in [3.05, 3.63) is 35.7 Å². The molecule has 1 aliphatic rings. The zero-order chi connectivity index (χ0) is 13.2. The number of nitriles is 1. The Balaban J connectivity index is 2.24. The SMILES string of the molecule is CC(C)(C)Cc1ccc2c(c1)[C]CCN2CC#N. The van der Waals surface area contributed by atoms with Gasteiger partial charge in [-0.15, -0.1) is 0 Å². The first-order valence-electron chi connectivity index (χ1n) is 6.48. The molecule has 1 aliphatic heterocycles. The fourth-order valence-electron chi connectivity index (χ4n) is 2.42. The molecule has 0 fully saturated rings. The highest BCUT2D eigenvalue weighted by Crippen LogP contribution is 2.31. The van der Waals surface area contributed by atoms with Crippen LogP contribution in [-0.4, -0.2) is 13.1 Å². The van der Waals surface area contributed by atoms with Crippen molar-refractivity contribution in [3.8, 4) is 6.07 Å². The average molecular weight is 240 g/mol. The number of fused-ring (bicyclic) bond motifs is 1. The van der Waals surface area contributed by atoms with E-state index >= 15 is 0 Å². The van der Waals surface area contributed by atoms with Gasteiger partial charge in [0.05, 0.1) is 6.07 Å². The number of hydrogen-bond donors (Lipinski definition) is 0. The molecule has 2 rings (SSSR count). The number of benzene rings is 1. The van der Waals surface area contributed by atoms with Crippen LogP contribution in [0.15, 0.2) is 18.2 Å². The highest BCUT2D eigenvalue weighted by atomic mass is 15.1. The molecule has 94 valence electrons. The van der Waals surface area contributed by atoms with Crippen molar-refractivity contribution in [2.75, 3.05) is 18.0 Å². The first-order valence-corrected chi connectivity index (χ1v) is 6.48. The van der Waals surface area contributed by atoms with Gasteiger partial charge >= 0.3 is 0 Å². The van der Waals surface area contributed by atoms with Gasteiger partial charge in [0, 0.05) is 18.7 Å². The Labute approximate surface area is 110 Å². The Morgan fingerprint density at radius 1 is 1.39 bits per heavy atom. The summed E-state index contributed by atoms with van der Waals surface area (Å²) in [6.45, 7) is 8.12. The Bertz CT molecular complexity index is 463. The van der Waals surface area contributed by atoms with Crippen LogP contribution in [-0.2, 0) is 6.42 Å². The summed E-state index contributed by atoms with van der Waals surface area (Å²) in [5.74, 6) is 0. The predicted octanol–water partition coefficient (Wildman–Crippen LogP) is 3.44. The molecule has 18 heavy (non-hydrogen) atoms. The van der Waals surface area contributed by atoms with Crippen molar-refractivity contribution in [2.24, 2.45) is 5.41 Å². The minimum absolute atomic E-state index is 0.301. The van der Waals surface area contributed by atoms with Crippen LogP contribution in [0.3, 0.4) is 0 Å². The third kappa shape index (κ3) is 3.04. The highest BCUT2D eigenvalue weighted by molar-refractivity contribution is 5.60. The van der Waals surface area contributed by atoms with Crippen molar-refractivity contribution < 1.29 is 0 Å². The molecular weight excluding hydrogens is 220 g/mol.